The second-order valence-electron chi connectivity index (χ2n) is 6.91. The van der Waals surface area contributed by atoms with E-state index in [-0.39, 0.29) is 24.4 Å². The molecule has 1 unspecified atom stereocenters. The molecule has 1 aromatic heterocycles. The van der Waals surface area contributed by atoms with Gasteiger partial charge in [0.15, 0.2) is 0 Å². The van der Waals surface area contributed by atoms with Crippen molar-refractivity contribution < 1.29 is 14.4 Å². The van der Waals surface area contributed by atoms with Crippen molar-refractivity contribution in [1.29, 1.82) is 0 Å². The highest BCUT2D eigenvalue weighted by Crippen LogP contribution is 2.21. The molecule has 2 aliphatic rings. The van der Waals surface area contributed by atoms with E-state index in [0.29, 0.717) is 13.1 Å². The monoisotopic (exact) mass is 333 g/mol. The van der Waals surface area contributed by atoms with Crippen molar-refractivity contribution in [2.75, 3.05) is 13.1 Å². The highest BCUT2D eigenvalue weighted by Gasteiger charge is 2.45. The third-order valence-corrected chi connectivity index (χ3v) is 4.64. The Labute approximate surface area is 140 Å². The van der Waals surface area contributed by atoms with Crippen LogP contribution in [0.15, 0.2) is 18.5 Å². The lowest BCUT2D eigenvalue weighted by Crippen LogP contribution is -2.51. The molecule has 8 nitrogen and oxygen atoms in total. The number of urea groups is 1. The van der Waals surface area contributed by atoms with Gasteiger partial charge in [0.1, 0.15) is 12.1 Å². The van der Waals surface area contributed by atoms with Gasteiger partial charge in [-0.3, -0.25) is 19.2 Å². The van der Waals surface area contributed by atoms with E-state index in [9.17, 15) is 14.4 Å². The van der Waals surface area contributed by atoms with Crippen molar-refractivity contribution in [3.8, 4) is 0 Å². The van der Waals surface area contributed by atoms with Crippen LogP contribution < -0.4 is 5.32 Å². The van der Waals surface area contributed by atoms with E-state index < -0.39 is 11.6 Å². The normalized spacial score (nSPS) is 23.5. The van der Waals surface area contributed by atoms with Crippen LogP contribution in [0.25, 0.3) is 0 Å². The SMILES string of the molecule is CC1(C)NC(=O)N(CC(=O)N2CCCCC2Cn2cccn2)C1=O. The van der Waals surface area contributed by atoms with Crippen molar-refractivity contribution in [2.45, 2.75) is 51.2 Å². The lowest BCUT2D eigenvalue weighted by molar-refractivity contribution is -0.141. The van der Waals surface area contributed by atoms with Gasteiger partial charge >= 0.3 is 6.03 Å². The first-order valence-electron chi connectivity index (χ1n) is 8.29. The standard InChI is InChI=1S/C16H23N5O3/c1-16(2)14(23)21(15(24)18-16)11-13(22)20-9-4-3-6-12(20)10-19-8-5-7-17-19/h5,7-8,12H,3-4,6,9-11H2,1-2H3,(H,18,24). The molecule has 0 saturated carbocycles. The fraction of sp³-hybridized carbons (Fsp3) is 0.625. The molecule has 2 aliphatic heterocycles. The van der Waals surface area contributed by atoms with Crippen LogP contribution in [0.5, 0.6) is 0 Å². The van der Waals surface area contributed by atoms with Crippen molar-refractivity contribution in [3.05, 3.63) is 18.5 Å². The van der Waals surface area contributed by atoms with E-state index in [4.69, 9.17) is 0 Å². The van der Waals surface area contributed by atoms with Gasteiger partial charge in [-0.15, -0.1) is 0 Å². The third-order valence-electron chi connectivity index (χ3n) is 4.64. The Balaban J connectivity index is 1.68. The zero-order valence-corrected chi connectivity index (χ0v) is 14.1. The molecule has 3 rings (SSSR count). The summed E-state index contributed by atoms with van der Waals surface area (Å²) >= 11 is 0. The molecule has 1 N–H and O–H groups in total. The lowest BCUT2D eigenvalue weighted by Gasteiger charge is -2.36. The number of piperidine rings is 1. The van der Waals surface area contributed by atoms with Crippen LogP contribution >= 0.6 is 0 Å². The van der Waals surface area contributed by atoms with Crippen LogP contribution in [0.1, 0.15) is 33.1 Å². The van der Waals surface area contributed by atoms with E-state index in [1.54, 1.807) is 24.9 Å². The van der Waals surface area contributed by atoms with Crippen LogP contribution in [0.2, 0.25) is 0 Å². The van der Waals surface area contributed by atoms with E-state index in [0.717, 1.165) is 24.2 Å². The summed E-state index contributed by atoms with van der Waals surface area (Å²) < 4.78 is 1.81. The number of aromatic nitrogens is 2. The Hall–Kier alpha value is -2.38. The average Bonchev–Trinajstić information content (AvgIpc) is 3.10. The first kappa shape index (κ1) is 16.5. The zero-order chi connectivity index (χ0) is 17.3. The molecule has 0 aliphatic carbocycles. The summed E-state index contributed by atoms with van der Waals surface area (Å²) in [5, 5.41) is 6.80. The van der Waals surface area contributed by atoms with Gasteiger partial charge in [0.05, 0.1) is 12.6 Å². The summed E-state index contributed by atoms with van der Waals surface area (Å²) in [5.41, 5.74) is -0.951. The summed E-state index contributed by atoms with van der Waals surface area (Å²) in [6.45, 7) is 4.35. The molecule has 3 heterocycles. The van der Waals surface area contributed by atoms with Gasteiger partial charge in [-0.2, -0.15) is 5.10 Å². The van der Waals surface area contributed by atoms with Gasteiger partial charge in [0.2, 0.25) is 5.91 Å². The quantitative estimate of drug-likeness (QED) is 0.817. The smallest absolute Gasteiger partial charge is 0.325 e. The Kier molecular flexibility index (Phi) is 4.29. The molecule has 2 saturated heterocycles. The predicted molar refractivity (Wildman–Crippen MR) is 85.9 cm³/mol. The number of likely N-dealkylation sites (tertiary alicyclic amines) is 1. The third kappa shape index (κ3) is 3.13. The number of amides is 4. The minimum Gasteiger partial charge on any atom is -0.336 e. The molecule has 8 heteroatoms. The minimum atomic E-state index is -0.951. The topological polar surface area (TPSA) is 87.5 Å². The van der Waals surface area contributed by atoms with Gasteiger partial charge in [0.25, 0.3) is 5.91 Å². The number of imide groups is 1. The molecule has 2 fully saturated rings. The molecular formula is C16H23N5O3. The van der Waals surface area contributed by atoms with Gasteiger partial charge in [-0.25, -0.2) is 4.79 Å². The summed E-state index contributed by atoms with van der Waals surface area (Å²) in [4.78, 5) is 39.7. The molecule has 0 bridgehead atoms. The maximum Gasteiger partial charge on any atom is 0.325 e. The highest BCUT2D eigenvalue weighted by molar-refractivity contribution is 6.08. The number of rotatable bonds is 4. The number of carbonyl (C=O) groups excluding carboxylic acids is 3. The number of nitrogens with zero attached hydrogens (tertiary/aromatic N) is 4. The Morgan fingerprint density at radius 1 is 1.38 bits per heavy atom. The molecule has 0 radical (unpaired) electrons. The van der Waals surface area contributed by atoms with Crippen molar-refractivity contribution in [3.63, 3.8) is 0 Å². The molecule has 1 aromatic rings. The fourth-order valence-corrected chi connectivity index (χ4v) is 3.33. The van der Waals surface area contributed by atoms with Crippen molar-refractivity contribution >= 4 is 17.8 Å². The van der Waals surface area contributed by atoms with Crippen LogP contribution in [0.4, 0.5) is 4.79 Å². The largest absolute Gasteiger partial charge is 0.336 e. The highest BCUT2D eigenvalue weighted by atomic mass is 16.2. The van der Waals surface area contributed by atoms with E-state index in [1.165, 1.54) is 0 Å². The van der Waals surface area contributed by atoms with Gasteiger partial charge < -0.3 is 10.2 Å². The second-order valence-corrected chi connectivity index (χ2v) is 6.91. The predicted octanol–water partition coefficient (Wildman–Crippen LogP) is 0.595. The summed E-state index contributed by atoms with van der Waals surface area (Å²) in [6, 6.07) is 1.39. The van der Waals surface area contributed by atoms with Crippen molar-refractivity contribution in [2.24, 2.45) is 0 Å². The number of hydrogen-bond donors (Lipinski definition) is 1. The van der Waals surface area contributed by atoms with Crippen LogP contribution in [-0.2, 0) is 16.1 Å². The minimum absolute atomic E-state index is 0.0416. The summed E-state index contributed by atoms with van der Waals surface area (Å²) in [7, 11) is 0. The molecule has 0 aromatic carbocycles. The number of hydrogen-bond acceptors (Lipinski definition) is 4. The van der Waals surface area contributed by atoms with E-state index in [1.807, 2.05) is 16.9 Å². The maximum absolute atomic E-state index is 12.7. The van der Waals surface area contributed by atoms with Gasteiger partial charge in [0, 0.05) is 18.9 Å². The van der Waals surface area contributed by atoms with Crippen LogP contribution in [-0.4, -0.2) is 62.1 Å². The van der Waals surface area contributed by atoms with E-state index in [2.05, 4.69) is 10.4 Å². The number of carbonyl (C=O) groups is 3. The molecule has 4 amide bonds. The Bertz CT molecular complexity index is 640. The van der Waals surface area contributed by atoms with Crippen molar-refractivity contribution in [1.82, 2.24) is 24.9 Å². The lowest BCUT2D eigenvalue weighted by atomic mass is 10.0. The number of nitrogens with one attached hydrogen (secondary N) is 1. The second kappa shape index (κ2) is 6.26. The van der Waals surface area contributed by atoms with Crippen LogP contribution in [0.3, 0.4) is 0 Å². The average molecular weight is 333 g/mol. The molecule has 0 spiro atoms. The molecule has 24 heavy (non-hydrogen) atoms. The fourth-order valence-electron chi connectivity index (χ4n) is 3.33. The first-order chi connectivity index (χ1) is 11.4. The molecule has 1 atom stereocenters. The van der Waals surface area contributed by atoms with Gasteiger partial charge in [-0.1, -0.05) is 0 Å². The molecular weight excluding hydrogens is 310 g/mol. The zero-order valence-electron chi connectivity index (χ0n) is 14.1. The molecule has 130 valence electrons. The summed E-state index contributed by atoms with van der Waals surface area (Å²) in [5.74, 6) is -0.547. The Morgan fingerprint density at radius 3 is 2.79 bits per heavy atom. The van der Waals surface area contributed by atoms with Gasteiger partial charge in [-0.05, 0) is 39.2 Å². The summed E-state index contributed by atoms with van der Waals surface area (Å²) in [6.07, 6.45) is 6.48. The maximum atomic E-state index is 12.7. The van der Waals surface area contributed by atoms with Crippen LogP contribution in [0, 0.1) is 0 Å². The Morgan fingerprint density at radius 2 is 2.17 bits per heavy atom. The van der Waals surface area contributed by atoms with E-state index >= 15 is 0 Å². The first-order valence-corrected chi connectivity index (χ1v) is 8.29.